The Morgan fingerprint density at radius 3 is 2.84 bits per heavy atom. The highest BCUT2D eigenvalue weighted by molar-refractivity contribution is 6.42. The zero-order chi connectivity index (χ0) is 25.7. The van der Waals surface area contributed by atoms with Crippen molar-refractivity contribution in [1.29, 1.82) is 0 Å². The smallest absolute Gasteiger partial charge is 0.260 e. The van der Waals surface area contributed by atoms with Crippen LogP contribution in [0.15, 0.2) is 48.0 Å². The van der Waals surface area contributed by atoms with E-state index in [9.17, 15) is 9.59 Å². The number of carbonyl (C=O) groups excluding carboxylic acids is 1. The molecule has 0 spiro atoms. The van der Waals surface area contributed by atoms with E-state index in [1.54, 1.807) is 0 Å². The molecule has 4 rings (SSSR count). The predicted octanol–water partition coefficient (Wildman–Crippen LogP) is 4.24. The number of aromatic nitrogens is 2. The highest BCUT2D eigenvalue weighted by Gasteiger charge is 2.45. The van der Waals surface area contributed by atoms with Crippen molar-refractivity contribution >= 4 is 45.7 Å². The number of nitrogens with one attached hydrogen (secondary N) is 1. The van der Waals surface area contributed by atoms with Crippen LogP contribution in [0.4, 0.5) is 14.5 Å². The Hall–Kier alpha value is -2.97. The molecule has 1 saturated heterocycles. The molecule has 0 aliphatic carbocycles. The first kappa shape index (κ1) is 18.6. The number of rotatable bonds is 4. The summed E-state index contributed by atoms with van der Waals surface area (Å²) in [5, 5.41) is 2.71. The van der Waals surface area contributed by atoms with E-state index >= 15 is 8.78 Å². The summed E-state index contributed by atoms with van der Waals surface area (Å²) in [6, 6.07) is 4.46. The molecule has 1 N–H and O–H groups in total. The van der Waals surface area contributed by atoms with E-state index in [2.05, 4.69) is 16.9 Å². The van der Waals surface area contributed by atoms with Crippen molar-refractivity contribution in [2.45, 2.75) is 12.0 Å². The van der Waals surface area contributed by atoms with Crippen molar-refractivity contribution in [2.75, 3.05) is 18.4 Å². The van der Waals surface area contributed by atoms with Crippen LogP contribution in [0, 0.1) is 11.6 Å². The molecular weight excluding hydrogens is 461 g/mol. The van der Waals surface area contributed by atoms with Gasteiger partial charge in [0.2, 0.25) is 5.91 Å². The maximum absolute atomic E-state index is 15.2. The van der Waals surface area contributed by atoms with Gasteiger partial charge in [-0.2, -0.15) is 0 Å². The molecule has 0 bridgehead atoms. The predicted molar refractivity (Wildman–Crippen MR) is 120 cm³/mol. The second-order valence-electron chi connectivity index (χ2n) is 7.41. The van der Waals surface area contributed by atoms with Gasteiger partial charge in [0.1, 0.15) is 11.6 Å². The van der Waals surface area contributed by atoms with Gasteiger partial charge < -0.3 is 14.8 Å². The first-order valence-electron chi connectivity index (χ1n) is 10.9. The molecule has 1 aliphatic rings. The van der Waals surface area contributed by atoms with Crippen LogP contribution in [0.25, 0.3) is 10.9 Å². The number of benzene rings is 2. The molecule has 0 radical (unpaired) electrons. The van der Waals surface area contributed by atoms with Gasteiger partial charge in [-0.1, -0.05) is 29.8 Å². The number of carbonyl (C=O) groups is 1. The summed E-state index contributed by atoms with van der Waals surface area (Å²) in [7, 11) is 0. The second kappa shape index (κ2) is 8.18. The molecule has 1 aromatic heterocycles. The van der Waals surface area contributed by atoms with Crippen LogP contribution >= 0.6 is 23.2 Å². The van der Waals surface area contributed by atoms with Gasteiger partial charge in [-0.3, -0.25) is 9.59 Å². The monoisotopic (exact) mass is 481 g/mol. The van der Waals surface area contributed by atoms with E-state index in [1.807, 2.05) is 0 Å². The molecular formula is C22H18Cl2F2N4O2. The lowest BCUT2D eigenvalue weighted by molar-refractivity contribution is -0.125. The Morgan fingerprint density at radius 1 is 1.34 bits per heavy atom. The standard InChI is InChI=1S/C22H18Cl2F2N4O2/c1-3-18(31)30-7-6-22(10-30,19-14(25)5-4-13(23)20(19)24)28-17-8-12-16(9-15(17)26)27-11-29(2)21(12)32/h3-5,8-9,11,28H,1,6-7,10H2,2H3/t22-/m1/s1/i2D3. The molecule has 166 valence electrons. The van der Waals surface area contributed by atoms with Gasteiger partial charge in [0.05, 0.1) is 38.5 Å². The Bertz CT molecular complexity index is 1430. The molecule has 1 aliphatic heterocycles. The molecule has 32 heavy (non-hydrogen) atoms. The van der Waals surface area contributed by atoms with Crippen molar-refractivity contribution in [3.63, 3.8) is 0 Å². The van der Waals surface area contributed by atoms with E-state index < -0.39 is 35.6 Å². The fourth-order valence-electron chi connectivity index (χ4n) is 3.96. The zero-order valence-electron chi connectivity index (χ0n) is 19.5. The average molecular weight is 482 g/mol. The largest absolute Gasteiger partial charge is 0.371 e. The number of likely N-dealkylation sites (tertiary alicyclic amines) is 1. The summed E-state index contributed by atoms with van der Waals surface area (Å²) in [4.78, 5) is 30.4. The number of amides is 1. The maximum Gasteiger partial charge on any atom is 0.260 e. The Kier molecular flexibility index (Phi) is 4.75. The molecule has 0 unspecified atom stereocenters. The number of hydrogen-bond donors (Lipinski definition) is 1. The third kappa shape index (κ3) is 3.63. The van der Waals surface area contributed by atoms with Crippen molar-refractivity contribution in [3.05, 3.63) is 80.8 Å². The first-order chi connectivity index (χ1) is 16.4. The molecule has 1 fully saturated rings. The van der Waals surface area contributed by atoms with Gasteiger partial charge in [0.15, 0.2) is 0 Å². The third-order valence-corrected chi connectivity index (χ3v) is 6.30. The average Bonchev–Trinajstić information content (AvgIpc) is 3.21. The molecule has 0 saturated carbocycles. The zero-order valence-corrected chi connectivity index (χ0v) is 18.0. The lowest BCUT2D eigenvalue weighted by Crippen LogP contribution is -2.41. The van der Waals surface area contributed by atoms with Crippen molar-refractivity contribution < 1.29 is 17.7 Å². The van der Waals surface area contributed by atoms with Crippen LogP contribution < -0.4 is 10.9 Å². The minimum Gasteiger partial charge on any atom is -0.371 e. The molecule has 3 aromatic rings. The van der Waals surface area contributed by atoms with E-state index in [-0.39, 0.29) is 51.7 Å². The van der Waals surface area contributed by atoms with E-state index in [1.165, 1.54) is 11.0 Å². The lowest BCUT2D eigenvalue weighted by atomic mass is 9.87. The highest BCUT2D eigenvalue weighted by Crippen LogP contribution is 2.43. The van der Waals surface area contributed by atoms with Crippen LogP contribution in [-0.4, -0.2) is 33.4 Å². The number of hydrogen-bond acceptors (Lipinski definition) is 4. The number of aryl methyl sites for hydroxylation is 1. The summed E-state index contributed by atoms with van der Waals surface area (Å²) >= 11 is 12.5. The van der Waals surface area contributed by atoms with Gasteiger partial charge in [-0.15, -0.1) is 0 Å². The Labute approximate surface area is 196 Å². The molecule has 6 nitrogen and oxygen atoms in total. The number of fused-ring (bicyclic) bond motifs is 1. The summed E-state index contributed by atoms with van der Waals surface area (Å²) in [6.07, 6.45) is 2.04. The molecule has 1 atom stereocenters. The van der Waals surface area contributed by atoms with Gasteiger partial charge in [-0.25, -0.2) is 13.8 Å². The van der Waals surface area contributed by atoms with Crippen LogP contribution in [-0.2, 0) is 17.3 Å². The summed E-state index contributed by atoms with van der Waals surface area (Å²) in [5.74, 6) is -1.98. The van der Waals surface area contributed by atoms with Crippen molar-refractivity contribution in [1.82, 2.24) is 14.5 Å². The van der Waals surface area contributed by atoms with Crippen LogP contribution in [0.1, 0.15) is 16.1 Å². The first-order valence-corrected chi connectivity index (χ1v) is 10.2. The molecule has 10 heteroatoms. The van der Waals surface area contributed by atoms with Crippen LogP contribution in [0.5, 0.6) is 0 Å². The van der Waals surface area contributed by atoms with Crippen molar-refractivity contribution in [3.8, 4) is 0 Å². The highest BCUT2D eigenvalue weighted by atomic mass is 35.5. The number of anilines is 1. The number of halogens is 4. The number of nitrogens with zero attached hydrogens (tertiary/aromatic N) is 3. The molecule has 2 heterocycles. The minimum atomic E-state index is -2.80. The van der Waals surface area contributed by atoms with E-state index in [0.717, 1.165) is 30.6 Å². The van der Waals surface area contributed by atoms with Crippen LogP contribution in [0.2, 0.25) is 10.0 Å². The Morgan fingerprint density at radius 2 is 2.12 bits per heavy atom. The van der Waals surface area contributed by atoms with Gasteiger partial charge in [0.25, 0.3) is 5.56 Å². The van der Waals surface area contributed by atoms with Gasteiger partial charge >= 0.3 is 0 Å². The summed E-state index contributed by atoms with van der Waals surface area (Å²) in [5.41, 5.74) is -2.70. The maximum atomic E-state index is 15.2. The summed E-state index contributed by atoms with van der Waals surface area (Å²) in [6.45, 7) is 0.724. The summed E-state index contributed by atoms with van der Waals surface area (Å²) < 4.78 is 53.3. The van der Waals surface area contributed by atoms with E-state index in [4.69, 9.17) is 27.3 Å². The van der Waals surface area contributed by atoms with E-state index in [0.29, 0.717) is 4.57 Å². The quantitative estimate of drug-likeness (QED) is 0.446. The SMILES string of the molecule is [2H]C([2H])([2H])n1cnc2cc(F)c(N[C@]3(c4c(F)ccc(Cl)c4Cl)CCN(C(=O)C=C)C3)cc2c1=O. The minimum absolute atomic E-state index is 0.0569. The lowest BCUT2D eigenvalue weighted by Gasteiger charge is -2.33. The molecule has 1 amide bonds. The van der Waals surface area contributed by atoms with Crippen molar-refractivity contribution in [2.24, 2.45) is 6.98 Å². The molecule has 2 aromatic carbocycles. The fourth-order valence-corrected chi connectivity index (χ4v) is 4.45. The Balaban J connectivity index is 1.91. The second-order valence-corrected chi connectivity index (χ2v) is 8.19. The fraction of sp³-hybridized carbons (Fsp3) is 0.227. The topological polar surface area (TPSA) is 67.2 Å². The third-order valence-electron chi connectivity index (χ3n) is 5.50. The van der Waals surface area contributed by atoms with Gasteiger partial charge in [0, 0.05) is 35.8 Å². The van der Waals surface area contributed by atoms with Gasteiger partial charge in [-0.05, 0) is 30.7 Å². The normalized spacial score (nSPS) is 20.0. The van der Waals surface area contributed by atoms with Crippen LogP contribution in [0.3, 0.4) is 0 Å².